The molecule has 1 heterocycles. The average molecular weight is 265 g/mol. The van der Waals surface area contributed by atoms with E-state index in [1.54, 1.807) is 11.8 Å². The number of rotatable bonds is 2. The van der Waals surface area contributed by atoms with Gasteiger partial charge in [0.15, 0.2) is 0 Å². The number of aryl methyl sites for hydroxylation is 1. The molecular formula is C15H23NO3. The number of hydrogen-bond acceptors (Lipinski definition) is 3. The molecule has 0 aliphatic carbocycles. The number of amides is 1. The van der Waals surface area contributed by atoms with Crippen molar-refractivity contribution in [1.82, 2.24) is 0 Å². The van der Waals surface area contributed by atoms with Crippen LogP contribution in [0.15, 0.2) is 24.3 Å². The van der Waals surface area contributed by atoms with Gasteiger partial charge < -0.3 is 14.7 Å². The number of aliphatic hydroxyl groups is 1. The lowest BCUT2D eigenvalue weighted by molar-refractivity contribution is -0.125. The SMILES string of the molecule is CCC(C)O.Cc1ccc(N2CCOCC2=O)cc1. The second-order valence-corrected chi connectivity index (χ2v) is 4.69. The largest absolute Gasteiger partial charge is 0.393 e. The zero-order valence-electron chi connectivity index (χ0n) is 11.9. The summed E-state index contributed by atoms with van der Waals surface area (Å²) in [5.41, 5.74) is 2.17. The summed E-state index contributed by atoms with van der Waals surface area (Å²) < 4.78 is 5.07. The number of anilines is 1. The lowest BCUT2D eigenvalue weighted by Gasteiger charge is -2.26. The predicted octanol–water partition coefficient (Wildman–Crippen LogP) is 2.14. The Morgan fingerprint density at radius 1 is 1.37 bits per heavy atom. The van der Waals surface area contributed by atoms with Gasteiger partial charge in [-0.05, 0) is 32.4 Å². The van der Waals surface area contributed by atoms with Crippen molar-refractivity contribution < 1.29 is 14.6 Å². The van der Waals surface area contributed by atoms with E-state index >= 15 is 0 Å². The number of nitrogens with zero attached hydrogens (tertiary/aromatic N) is 1. The third-order valence-electron chi connectivity index (χ3n) is 2.92. The Labute approximate surface area is 115 Å². The van der Waals surface area contributed by atoms with Gasteiger partial charge in [-0.3, -0.25) is 4.79 Å². The van der Waals surface area contributed by atoms with Crippen LogP contribution in [0.5, 0.6) is 0 Å². The number of aliphatic hydroxyl groups excluding tert-OH is 1. The molecule has 0 saturated carbocycles. The van der Waals surface area contributed by atoms with Crippen LogP contribution in [0.1, 0.15) is 25.8 Å². The minimum Gasteiger partial charge on any atom is -0.393 e. The molecule has 0 aromatic heterocycles. The summed E-state index contributed by atoms with van der Waals surface area (Å²) in [6.45, 7) is 7.24. The van der Waals surface area contributed by atoms with Crippen molar-refractivity contribution in [2.75, 3.05) is 24.7 Å². The van der Waals surface area contributed by atoms with Crippen LogP contribution in [-0.4, -0.2) is 36.9 Å². The Hall–Kier alpha value is -1.39. The van der Waals surface area contributed by atoms with Gasteiger partial charge in [-0.2, -0.15) is 0 Å². The van der Waals surface area contributed by atoms with Crippen molar-refractivity contribution in [3.05, 3.63) is 29.8 Å². The first-order valence-electron chi connectivity index (χ1n) is 6.67. The average Bonchev–Trinajstić information content (AvgIpc) is 2.41. The summed E-state index contributed by atoms with van der Waals surface area (Å²) in [5.74, 6) is 0.0418. The third kappa shape index (κ3) is 5.41. The minimum absolute atomic E-state index is 0.0418. The summed E-state index contributed by atoms with van der Waals surface area (Å²) in [6, 6.07) is 7.97. The van der Waals surface area contributed by atoms with E-state index in [1.807, 2.05) is 38.1 Å². The third-order valence-corrected chi connectivity index (χ3v) is 2.92. The molecule has 1 amide bonds. The predicted molar refractivity (Wildman–Crippen MR) is 76.3 cm³/mol. The fourth-order valence-corrected chi connectivity index (χ4v) is 1.52. The summed E-state index contributed by atoms with van der Waals surface area (Å²) in [6.07, 6.45) is 0.745. The molecule has 0 bridgehead atoms. The highest BCUT2D eigenvalue weighted by atomic mass is 16.5. The van der Waals surface area contributed by atoms with Crippen LogP contribution < -0.4 is 4.90 Å². The quantitative estimate of drug-likeness (QED) is 0.891. The van der Waals surface area contributed by atoms with E-state index in [4.69, 9.17) is 9.84 Å². The van der Waals surface area contributed by atoms with Gasteiger partial charge in [0.1, 0.15) is 6.61 Å². The van der Waals surface area contributed by atoms with E-state index < -0.39 is 0 Å². The molecule has 1 aliphatic heterocycles. The van der Waals surface area contributed by atoms with Crippen molar-refractivity contribution in [2.24, 2.45) is 0 Å². The van der Waals surface area contributed by atoms with E-state index in [2.05, 4.69) is 0 Å². The molecule has 2 rings (SSSR count). The molecule has 1 N–H and O–H groups in total. The van der Waals surface area contributed by atoms with E-state index in [0.717, 1.165) is 12.1 Å². The van der Waals surface area contributed by atoms with E-state index in [0.29, 0.717) is 13.2 Å². The smallest absolute Gasteiger partial charge is 0.253 e. The van der Waals surface area contributed by atoms with Crippen LogP contribution in [0.4, 0.5) is 5.69 Å². The second-order valence-electron chi connectivity index (χ2n) is 4.69. The number of hydrogen-bond donors (Lipinski definition) is 1. The molecule has 1 aliphatic rings. The van der Waals surface area contributed by atoms with Crippen molar-refractivity contribution >= 4 is 11.6 Å². The lowest BCUT2D eigenvalue weighted by Crippen LogP contribution is -2.41. The lowest BCUT2D eigenvalue weighted by atomic mass is 10.2. The standard InChI is InChI=1S/C11H13NO2.C4H10O/c1-9-2-4-10(5-3-9)12-6-7-14-8-11(12)13;1-3-4(2)5/h2-5H,6-8H2,1H3;4-5H,3H2,1-2H3. The molecule has 106 valence electrons. The van der Waals surface area contributed by atoms with Gasteiger partial charge in [-0.25, -0.2) is 0 Å². The van der Waals surface area contributed by atoms with E-state index in [1.165, 1.54) is 5.56 Å². The van der Waals surface area contributed by atoms with Crippen LogP contribution >= 0.6 is 0 Å². The Morgan fingerprint density at radius 2 is 1.95 bits per heavy atom. The van der Waals surface area contributed by atoms with E-state index in [-0.39, 0.29) is 18.6 Å². The van der Waals surface area contributed by atoms with Crippen molar-refractivity contribution in [1.29, 1.82) is 0 Å². The summed E-state index contributed by atoms with van der Waals surface area (Å²) in [5, 5.41) is 8.36. The molecule has 4 heteroatoms. The first kappa shape index (κ1) is 15.7. The Morgan fingerprint density at radius 3 is 2.42 bits per heavy atom. The highest BCUT2D eigenvalue weighted by Crippen LogP contribution is 2.16. The number of benzene rings is 1. The van der Waals surface area contributed by atoms with Crippen LogP contribution in [0.3, 0.4) is 0 Å². The molecule has 19 heavy (non-hydrogen) atoms. The molecule has 4 nitrogen and oxygen atoms in total. The van der Waals surface area contributed by atoms with Crippen LogP contribution in [0.25, 0.3) is 0 Å². The maximum atomic E-state index is 11.5. The Bertz CT molecular complexity index is 387. The van der Waals surface area contributed by atoms with Gasteiger partial charge in [-0.15, -0.1) is 0 Å². The number of carbonyl (C=O) groups is 1. The maximum Gasteiger partial charge on any atom is 0.253 e. The molecule has 1 unspecified atom stereocenters. The van der Waals surface area contributed by atoms with Crippen LogP contribution in [0, 0.1) is 6.92 Å². The zero-order chi connectivity index (χ0) is 14.3. The van der Waals surface area contributed by atoms with Crippen LogP contribution in [0.2, 0.25) is 0 Å². The fraction of sp³-hybridized carbons (Fsp3) is 0.533. The fourth-order valence-electron chi connectivity index (χ4n) is 1.52. The molecule has 1 atom stereocenters. The summed E-state index contributed by atoms with van der Waals surface area (Å²) in [7, 11) is 0. The molecule has 1 aromatic carbocycles. The van der Waals surface area contributed by atoms with Gasteiger partial charge >= 0.3 is 0 Å². The van der Waals surface area contributed by atoms with Gasteiger partial charge in [-0.1, -0.05) is 24.6 Å². The Balaban J connectivity index is 0.000000312. The first-order valence-corrected chi connectivity index (χ1v) is 6.67. The second kappa shape index (κ2) is 7.92. The monoisotopic (exact) mass is 265 g/mol. The van der Waals surface area contributed by atoms with Crippen molar-refractivity contribution in [3.63, 3.8) is 0 Å². The molecule has 1 fully saturated rings. The summed E-state index contributed by atoms with van der Waals surface area (Å²) >= 11 is 0. The molecule has 0 spiro atoms. The molecular weight excluding hydrogens is 242 g/mol. The van der Waals surface area contributed by atoms with E-state index in [9.17, 15) is 4.79 Å². The number of morpholine rings is 1. The van der Waals surface area contributed by atoms with Gasteiger partial charge in [0.2, 0.25) is 0 Å². The molecule has 1 aromatic rings. The number of ether oxygens (including phenoxy) is 1. The minimum atomic E-state index is -0.116. The topological polar surface area (TPSA) is 49.8 Å². The first-order chi connectivity index (χ1) is 9.04. The zero-order valence-corrected chi connectivity index (χ0v) is 11.9. The van der Waals surface area contributed by atoms with Gasteiger partial charge in [0.05, 0.1) is 12.7 Å². The normalized spacial score (nSPS) is 16.6. The maximum absolute atomic E-state index is 11.5. The molecule has 0 radical (unpaired) electrons. The highest BCUT2D eigenvalue weighted by molar-refractivity contribution is 5.94. The molecule has 1 saturated heterocycles. The highest BCUT2D eigenvalue weighted by Gasteiger charge is 2.19. The van der Waals surface area contributed by atoms with Crippen molar-refractivity contribution in [3.8, 4) is 0 Å². The van der Waals surface area contributed by atoms with Crippen molar-refractivity contribution in [2.45, 2.75) is 33.3 Å². The Kier molecular flexibility index (Phi) is 6.53. The van der Waals surface area contributed by atoms with Gasteiger partial charge in [0, 0.05) is 12.2 Å². The summed E-state index contributed by atoms with van der Waals surface area (Å²) in [4.78, 5) is 13.2. The van der Waals surface area contributed by atoms with Gasteiger partial charge in [0.25, 0.3) is 5.91 Å². The number of carbonyl (C=O) groups excluding carboxylic acids is 1. The van der Waals surface area contributed by atoms with Crippen LogP contribution in [-0.2, 0) is 9.53 Å².